The highest BCUT2D eigenvalue weighted by Crippen LogP contribution is 2.25. The number of halogens is 1. The van der Waals surface area contributed by atoms with E-state index in [0.717, 1.165) is 0 Å². The number of hydrogen-bond acceptors (Lipinski definition) is 6. The molecule has 0 unspecified atom stereocenters. The molecule has 1 aliphatic heterocycles. The maximum Gasteiger partial charge on any atom is 0.410 e. The first-order chi connectivity index (χ1) is 14.1. The monoisotopic (exact) mass is 420 g/mol. The molecule has 2 N–H and O–H groups in total. The summed E-state index contributed by atoms with van der Waals surface area (Å²) in [6.07, 6.45) is -0.240. The Balaban J connectivity index is 1.75. The Morgan fingerprint density at radius 2 is 2.07 bits per heavy atom. The Morgan fingerprint density at radius 1 is 1.33 bits per heavy atom. The highest BCUT2D eigenvalue weighted by molar-refractivity contribution is 6.04. The molecule has 0 bridgehead atoms. The van der Waals surface area contributed by atoms with E-state index in [-0.39, 0.29) is 18.7 Å². The van der Waals surface area contributed by atoms with Gasteiger partial charge in [-0.1, -0.05) is 0 Å². The number of esters is 1. The van der Waals surface area contributed by atoms with Gasteiger partial charge in [0.25, 0.3) is 5.91 Å². The SMILES string of the molecule is COC(=O)C[C@@H]1C[C@H](NC(=O)c2n[nH]c3ccc(F)cc23)CN1C(=O)OC(C)(C)C. The number of methoxy groups -OCH3 is 1. The van der Waals surface area contributed by atoms with E-state index in [1.165, 1.54) is 30.2 Å². The number of rotatable bonds is 4. The van der Waals surface area contributed by atoms with Crippen LogP contribution < -0.4 is 5.32 Å². The fourth-order valence-corrected chi connectivity index (χ4v) is 3.45. The number of benzene rings is 1. The third-order valence-corrected chi connectivity index (χ3v) is 4.75. The second-order valence-electron chi connectivity index (χ2n) is 8.23. The van der Waals surface area contributed by atoms with Crippen molar-refractivity contribution >= 4 is 28.9 Å². The molecular formula is C20H25FN4O5. The van der Waals surface area contributed by atoms with Crippen molar-refractivity contribution in [3.05, 3.63) is 29.7 Å². The summed E-state index contributed by atoms with van der Waals surface area (Å²) >= 11 is 0. The van der Waals surface area contributed by atoms with Crippen LogP contribution in [-0.4, -0.2) is 64.4 Å². The number of aromatic amines is 1. The van der Waals surface area contributed by atoms with Gasteiger partial charge in [-0.15, -0.1) is 0 Å². The largest absolute Gasteiger partial charge is 0.469 e. The van der Waals surface area contributed by atoms with Crippen molar-refractivity contribution in [2.45, 2.75) is 51.3 Å². The van der Waals surface area contributed by atoms with Gasteiger partial charge in [0.1, 0.15) is 11.4 Å². The van der Waals surface area contributed by atoms with E-state index < -0.39 is 41.5 Å². The molecule has 1 fully saturated rings. The van der Waals surface area contributed by atoms with Gasteiger partial charge in [0, 0.05) is 24.0 Å². The topological polar surface area (TPSA) is 114 Å². The second kappa shape index (κ2) is 8.29. The summed E-state index contributed by atoms with van der Waals surface area (Å²) in [5.74, 6) is -1.44. The molecule has 0 aliphatic carbocycles. The summed E-state index contributed by atoms with van der Waals surface area (Å²) < 4.78 is 23.7. The minimum absolute atomic E-state index is 0.0152. The summed E-state index contributed by atoms with van der Waals surface area (Å²) in [6, 6.07) is 3.09. The van der Waals surface area contributed by atoms with Crippen molar-refractivity contribution in [2.75, 3.05) is 13.7 Å². The van der Waals surface area contributed by atoms with Gasteiger partial charge in [-0.25, -0.2) is 9.18 Å². The van der Waals surface area contributed by atoms with Crippen molar-refractivity contribution in [1.82, 2.24) is 20.4 Å². The number of carbonyl (C=O) groups is 3. The molecule has 3 rings (SSSR count). The molecule has 0 spiro atoms. The first-order valence-electron chi connectivity index (χ1n) is 9.58. The van der Waals surface area contributed by atoms with E-state index in [4.69, 9.17) is 9.47 Å². The molecule has 1 aromatic carbocycles. The van der Waals surface area contributed by atoms with Crippen LogP contribution >= 0.6 is 0 Å². The maximum absolute atomic E-state index is 13.6. The van der Waals surface area contributed by atoms with Gasteiger partial charge in [0.15, 0.2) is 5.69 Å². The minimum Gasteiger partial charge on any atom is -0.469 e. The Bertz CT molecular complexity index is 968. The van der Waals surface area contributed by atoms with Gasteiger partial charge in [-0.2, -0.15) is 5.10 Å². The number of H-pyrrole nitrogens is 1. The van der Waals surface area contributed by atoms with Crippen LogP contribution in [0.1, 0.15) is 44.1 Å². The van der Waals surface area contributed by atoms with E-state index >= 15 is 0 Å². The molecule has 0 radical (unpaired) electrons. The van der Waals surface area contributed by atoms with E-state index in [9.17, 15) is 18.8 Å². The zero-order valence-corrected chi connectivity index (χ0v) is 17.3. The normalized spacial score (nSPS) is 19.0. The molecule has 2 amide bonds. The standard InChI is InChI=1S/C20H25FN4O5/c1-20(2,3)30-19(28)25-10-12(8-13(25)9-16(26)29-4)22-18(27)17-14-7-11(21)5-6-15(14)23-24-17/h5-7,12-13H,8-10H2,1-4H3,(H,22,27)(H,23,24)/t12-,13-/m0/s1. The highest BCUT2D eigenvalue weighted by Gasteiger charge is 2.39. The smallest absolute Gasteiger partial charge is 0.410 e. The lowest BCUT2D eigenvalue weighted by atomic mass is 10.1. The third kappa shape index (κ3) is 4.87. The van der Waals surface area contributed by atoms with Gasteiger partial charge >= 0.3 is 12.1 Å². The minimum atomic E-state index is -0.702. The van der Waals surface area contributed by atoms with Crippen molar-refractivity contribution in [3.63, 3.8) is 0 Å². The first-order valence-corrected chi connectivity index (χ1v) is 9.58. The zero-order chi connectivity index (χ0) is 22.1. The summed E-state index contributed by atoms with van der Waals surface area (Å²) in [6.45, 7) is 5.41. The highest BCUT2D eigenvalue weighted by atomic mass is 19.1. The molecule has 1 aromatic heterocycles. The molecule has 1 aliphatic rings. The fraction of sp³-hybridized carbons (Fsp3) is 0.500. The zero-order valence-electron chi connectivity index (χ0n) is 17.3. The summed E-state index contributed by atoms with van der Waals surface area (Å²) in [4.78, 5) is 38.5. The Hall–Kier alpha value is -3.17. The van der Waals surface area contributed by atoms with Gasteiger partial charge in [0.05, 0.1) is 19.0 Å². The van der Waals surface area contributed by atoms with Crippen LogP contribution in [-0.2, 0) is 14.3 Å². The number of fused-ring (bicyclic) bond motifs is 1. The number of nitrogens with zero attached hydrogens (tertiary/aromatic N) is 2. The lowest BCUT2D eigenvalue weighted by Gasteiger charge is -2.28. The van der Waals surface area contributed by atoms with Crippen LogP contribution in [0.25, 0.3) is 10.9 Å². The lowest BCUT2D eigenvalue weighted by molar-refractivity contribution is -0.141. The molecule has 10 heteroatoms. The van der Waals surface area contributed by atoms with Crippen molar-refractivity contribution in [3.8, 4) is 0 Å². The van der Waals surface area contributed by atoms with Crippen LogP contribution in [0.5, 0.6) is 0 Å². The number of likely N-dealkylation sites (tertiary alicyclic amines) is 1. The van der Waals surface area contributed by atoms with E-state index in [2.05, 4.69) is 15.5 Å². The number of carbonyl (C=O) groups excluding carboxylic acids is 3. The van der Waals surface area contributed by atoms with E-state index in [1.54, 1.807) is 20.8 Å². The molecule has 0 saturated carbocycles. The summed E-state index contributed by atoms with van der Waals surface area (Å²) in [5, 5.41) is 9.85. The van der Waals surface area contributed by atoms with Crippen molar-refractivity contribution in [1.29, 1.82) is 0 Å². The average Bonchev–Trinajstić information content (AvgIpc) is 3.23. The van der Waals surface area contributed by atoms with Crippen LogP contribution in [0.3, 0.4) is 0 Å². The van der Waals surface area contributed by atoms with Crippen LogP contribution in [0.2, 0.25) is 0 Å². The number of nitrogens with one attached hydrogen (secondary N) is 2. The number of hydrogen-bond donors (Lipinski definition) is 2. The molecule has 9 nitrogen and oxygen atoms in total. The van der Waals surface area contributed by atoms with Gasteiger partial charge in [0.2, 0.25) is 0 Å². The molecular weight excluding hydrogens is 395 g/mol. The quantitative estimate of drug-likeness (QED) is 0.734. The molecule has 2 heterocycles. The maximum atomic E-state index is 13.6. The predicted molar refractivity (Wildman–Crippen MR) is 105 cm³/mol. The number of aromatic nitrogens is 2. The molecule has 2 atom stereocenters. The van der Waals surface area contributed by atoms with Gasteiger partial charge < -0.3 is 19.7 Å². The van der Waals surface area contributed by atoms with Gasteiger partial charge in [-0.3, -0.25) is 14.7 Å². The summed E-state index contributed by atoms with van der Waals surface area (Å²) in [5.41, 5.74) is -0.108. The van der Waals surface area contributed by atoms with E-state index in [1.807, 2.05) is 0 Å². The third-order valence-electron chi connectivity index (χ3n) is 4.75. The van der Waals surface area contributed by atoms with Crippen LogP contribution in [0.4, 0.5) is 9.18 Å². The van der Waals surface area contributed by atoms with Crippen LogP contribution in [0, 0.1) is 5.82 Å². The Kier molecular flexibility index (Phi) is 5.95. The van der Waals surface area contributed by atoms with Gasteiger partial charge in [-0.05, 0) is 45.4 Å². The first kappa shape index (κ1) is 21.5. The van der Waals surface area contributed by atoms with Crippen molar-refractivity contribution in [2.24, 2.45) is 0 Å². The molecule has 2 aromatic rings. The molecule has 1 saturated heterocycles. The summed E-state index contributed by atoms with van der Waals surface area (Å²) in [7, 11) is 1.27. The number of amides is 2. The molecule has 162 valence electrons. The number of ether oxygens (including phenoxy) is 2. The average molecular weight is 420 g/mol. The Labute approximate surface area is 172 Å². The van der Waals surface area contributed by atoms with Crippen LogP contribution in [0.15, 0.2) is 18.2 Å². The second-order valence-corrected chi connectivity index (χ2v) is 8.23. The Morgan fingerprint density at radius 3 is 2.73 bits per heavy atom. The lowest BCUT2D eigenvalue weighted by Crippen LogP contribution is -2.42. The predicted octanol–water partition coefficient (Wildman–Crippen LogP) is 2.37. The fourth-order valence-electron chi connectivity index (χ4n) is 3.45. The molecule has 30 heavy (non-hydrogen) atoms. The van der Waals surface area contributed by atoms with Crippen molar-refractivity contribution < 1.29 is 28.2 Å². The van der Waals surface area contributed by atoms with E-state index in [0.29, 0.717) is 17.3 Å².